The maximum atomic E-state index is 13.6. The number of rotatable bonds is 4. The summed E-state index contributed by atoms with van der Waals surface area (Å²) in [7, 11) is 1.06. The molecule has 0 saturated carbocycles. The minimum Gasteiger partial charge on any atom is -0.496 e. The molecule has 3 aromatic carbocycles. The number of hydrogen-bond donors (Lipinski definition) is 0. The van der Waals surface area contributed by atoms with Gasteiger partial charge in [-0.1, -0.05) is 30.3 Å². The highest BCUT2D eigenvalue weighted by molar-refractivity contribution is 5.91. The van der Waals surface area contributed by atoms with E-state index in [2.05, 4.69) is 4.74 Å². The van der Waals surface area contributed by atoms with Crippen molar-refractivity contribution in [2.24, 2.45) is 0 Å². The van der Waals surface area contributed by atoms with Gasteiger partial charge >= 0.3 is 18.3 Å². The van der Waals surface area contributed by atoms with Crippen molar-refractivity contribution in [2.75, 3.05) is 7.11 Å². The molecule has 0 unspecified atom stereocenters. The van der Waals surface area contributed by atoms with Crippen molar-refractivity contribution < 1.29 is 40.6 Å². The Morgan fingerprint density at radius 1 is 0.710 bits per heavy atom. The Kier molecular flexibility index (Phi) is 5.97. The van der Waals surface area contributed by atoms with Gasteiger partial charge in [0, 0.05) is 0 Å². The first-order valence-electron chi connectivity index (χ1n) is 8.75. The maximum absolute atomic E-state index is 13.6. The zero-order valence-electron chi connectivity index (χ0n) is 15.8. The van der Waals surface area contributed by atoms with Gasteiger partial charge in [-0.25, -0.2) is 4.79 Å². The molecule has 0 N–H and O–H groups in total. The van der Waals surface area contributed by atoms with Crippen LogP contribution < -0.4 is 9.47 Å². The molecule has 0 amide bonds. The van der Waals surface area contributed by atoms with Crippen LogP contribution in [0.5, 0.6) is 11.5 Å². The average molecular weight is 440 g/mol. The molecule has 0 heterocycles. The van der Waals surface area contributed by atoms with Crippen molar-refractivity contribution in [2.45, 2.75) is 12.4 Å². The van der Waals surface area contributed by atoms with E-state index in [0.717, 1.165) is 25.3 Å². The second kappa shape index (κ2) is 8.33. The number of carbonyl (C=O) groups excluding carboxylic acids is 1. The summed E-state index contributed by atoms with van der Waals surface area (Å²) in [5.41, 5.74) is -2.62. The van der Waals surface area contributed by atoms with Crippen LogP contribution >= 0.6 is 0 Å². The second-order valence-corrected chi connectivity index (χ2v) is 6.38. The van der Waals surface area contributed by atoms with Gasteiger partial charge in [0.1, 0.15) is 11.5 Å². The van der Waals surface area contributed by atoms with E-state index in [-0.39, 0.29) is 16.7 Å². The lowest BCUT2D eigenvalue weighted by Crippen LogP contribution is -2.14. The van der Waals surface area contributed by atoms with Crippen LogP contribution in [0.1, 0.15) is 21.5 Å². The van der Waals surface area contributed by atoms with Crippen molar-refractivity contribution in [3.05, 3.63) is 83.4 Å². The molecule has 31 heavy (non-hydrogen) atoms. The summed E-state index contributed by atoms with van der Waals surface area (Å²) in [6.07, 6.45) is -9.68. The number of ether oxygens (including phenoxy) is 2. The summed E-state index contributed by atoms with van der Waals surface area (Å²) < 4.78 is 90.1. The van der Waals surface area contributed by atoms with Crippen LogP contribution in [0.15, 0.2) is 66.7 Å². The van der Waals surface area contributed by atoms with Gasteiger partial charge in [-0.3, -0.25) is 0 Å². The molecular formula is C22H14F6O3. The third-order valence-electron chi connectivity index (χ3n) is 4.34. The third kappa shape index (κ3) is 4.99. The Hall–Kier alpha value is -3.49. The molecule has 9 heteroatoms. The number of methoxy groups -OCH3 is 1. The summed E-state index contributed by atoms with van der Waals surface area (Å²) in [5.74, 6) is -2.21. The fraction of sp³-hybridized carbons (Fsp3) is 0.136. The predicted molar refractivity (Wildman–Crippen MR) is 99.8 cm³/mol. The van der Waals surface area contributed by atoms with E-state index in [1.807, 2.05) is 0 Å². The van der Waals surface area contributed by atoms with Crippen LogP contribution in [0.2, 0.25) is 0 Å². The molecule has 0 saturated heterocycles. The molecule has 162 valence electrons. The Bertz CT molecular complexity index is 1090. The number of halogens is 6. The lowest BCUT2D eigenvalue weighted by molar-refractivity contribution is -0.139. The highest BCUT2D eigenvalue weighted by Crippen LogP contribution is 2.42. The fourth-order valence-corrected chi connectivity index (χ4v) is 2.86. The van der Waals surface area contributed by atoms with E-state index in [1.54, 1.807) is 6.07 Å². The van der Waals surface area contributed by atoms with Gasteiger partial charge in [0.25, 0.3) is 0 Å². The minimum absolute atomic E-state index is 0.0460. The second-order valence-electron chi connectivity index (χ2n) is 6.38. The molecule has 0 bridgehead atoms. The van der Waals surface area contributed by atoms with E-state index >= 15 is 0 Å². The summed E-state index contributed by atoms with van der Waals surface area (Å²) >= 11 is 0. The highest BCUT2D eigenvalue weighted by atomic mass is 19.4. The Labute approximate surface area is 172 Å². The first-order valence-corrected chi connectivity index (χ1v) is 8.75. The first-order chi connectivity index (χ1) is 14.5. The van der Waals surface area contributed by atoms with Gasteiger partial charge in [-0.15, -0.1) is 0 Å². The van der Waals surface area contributed by atoms with Crippen LogP contribution in [0, 0.1) is 0 Å². The molecule has 0 aliphatic carbocycles. The number of hydrogen-bond acceptors (Lipinski definition) is 3. The molecule has 3 rings (SSSR count). The molecule has 0 atom stereocenters. The Morgan fingerprint density at radius 2 is 1.19 bits per heavy atom. The molecule has 0 aliphatic heterocycles. The number of esters is 1. The van der Waals surface area contributed by atoms with Crippen molar-refractivity contribution in [3.8, 4) is 22.6 Å². The molecule has 0 aromatic heterocycles. The monoisotopic (exact) mass is 440 g/mol. The molecule has 0 spiro atoms. The highest BCUT2D eigenvalue weighted by Gasteiger charge is 2.37. The van der Waals surface area contributed by atoms with Gasteiger partial charge in [0.2, 0.25) is 0 Å². The van der Waals surface area contributed by atoms with Crippen molar-refractivity contribution in [1.82, 2.24) is 0 Å². The first kappa shape index (κ1) is 22.2. The number of alkyl halides is 6. The zero-order valence-corrected chi connectivity index (χ0v) is 15.8. The third-order valence-corrected chi connectivity index (χ3v) is 4.34. The van der Waals surface area contributed by atoms with E-state index in [9.17, 15) is 31.1 Å². The summed E-state index contributed by atoms with van der Waals surface area (Å²) in [6.45, 7) is 0. The van der Waals surface area contributed by atoms with Crippen molar-refractivity contribution in [3.63, 3.8) is 0 Å². The van der Waals surface area contributed by atoms with Crippen LogP contribution in [0.25, 0.3) is 11.1 Å². The molecule has 3 aromatic rings. The SMILES string of the molecule is COc1ccc(-c2ccc(OC(=O)c3ccccc3)c(C(F)(F)F)c2)cc1C(F)(F)F. The predicted octanol–water partition coefficient (Wildman–Crippen LogP) is 6.62. The number of benzene rings is 3. The molecule has 0 radical (unpaired) electrons. The van der Waals surface area contributed by atoms with Crippen molar-refractivity contribution in [1.29, 1.82) is 0 Å². The van der Waals surface area contributed by atoms with Gasteiger partial charge in [-0.2, -0.15) is 26.3 Å². The van der Waals surface area contributed by atoms with E-state index in [0.29, 0.717) is 12.1 Å². The number of carbonyl (C=O) groups is 1. The van der Waals surface area contributed by atoms with Crippen LogP contribution in [-0.2, 0) is 12.4 Å². The van der Waals surface area contributed by atoms with E-state index in [4.69, 9.17) is 4.74 Å². The van der Waals surface area contributed by atoms with E-state index in [1.165, 1.54) is 30.3 Å². The Balaban J connectivity index is 2.04. The molecule has 3 nitrogen and oxygen atoms in total. The fourth-order valence-electron chi connectivity index (χ4n) is 2.86. The van der Waals surface area contributed by atoms with Gasteiger partial charge < -0.3 is 9.47 Å². The largest absolute Gasteiger partial charge is 0.496 e. The van der Waals surface area contributed by atoms with Gasteiger partial charge in [-0.05, 0) is 47.5 Å². The standard InChI is InChI=1S/C22H14F6O3/c1-30-18-9-7-14(11-16(18)21(23,24)25)15-8-10-19(17(12-15)22(26,27)28)31-20(29)13-5-3-2-4-6-13/h2-12H,1H3. The van der Waals surface area contributed by atoms with Crippen LogP contribution in [-0.4, -0.2) is 13.1 Å². The molecule has 0 aliphatic rings. The van der Waals surface area contributed by atoms with Crippen molar-refractivity contribution >= 4 is 5.97 Å². The summed E-state index contributed by atoms with van der Waals surface area (Å²) in [4.78, 5) is 12.1. The lowest BCUT2D eigenvalue weighted by Gasteiger charge is -2.16. The maximum Gasteiger partial charge on any atom is 0.420 e. The summed E-state index contributed by atoms with van der Waals surface area (Å²) in [6, 6.07) is 13.0. The normalized spacial score (nSPS) is 11.8. The topological polar surface area (TPSA) is 35.5 Å². The summed E-state index contributed by atoms with van der Waals surface area (Å²) in [5, 5.41) is 0. The van der Waals surface area contributed by atoms with E-state index < -0.39 is 40.9 Å². The van der Waals surface area contributed by atoms with Crippen LogP contribution in [0.4, 0.5) is 26.3 Å². The van der Waals surface area contributed by atoms with Crippen LogP contribution in [0.3, 0.4) is 0 Å². The lowest BCUT2D eigenvalue weighted by atomic mass is 9.99. The smallest absolute Gasteiger partial charge is 0.420 e. The quantitative estimate of drug-likeness (QED) is 0.260. The minimum atomic E-state index is -4.92. The average Bonchev–Trinajstić information content (AvgIpc) is 2.72. The molecule has 0 fully saturated rings. The Morgan fingerprint density at radius 3 is 1.68 bits per heavy atom. The van der Waals surface area contributed by atoms with Gasteiger partial charge in [0.05, 0.1) is 23.8 Å². The van der Waals surface area contributed by atoms with Gasteiger partial charge in [0.15, 0.2) is 0 Å². The zero-order chi connectivity index (χ0) is 22.8. The molecular weight excluding hydrogens is 426 g/mol.